The number of aromatic nitrogens is 1. The molecule has 0 aliphatic rings. The van der Waals surface area contributed by atoms with Gasteiger partial charge in [0.1, 0.15) is 4.99 Å². The highest BCUT2D eigenvalue weighted by molar-refractivity contribution is 7.80. The van der Waals surface area contributed by atoms with Crippen molar-refractivity contribution in [3.63, 3.8) is 0 Å². The Morgan fingerprint density at radius 3 is 2.74 bits per heavy atom. The molecule has 0 saturated heterocycles. The Morgan fingerprint density at radius 2 is 2.05 bits per heavy atom. The number of pyridine rings is 1. The molecule has 2 aromatic rings. The van der Waals surface area contributed by atoms with Crippen LogP contribution < -0.4 is 11.1 Å². The van der Waals surface area contributed by atoms with Gasteiger partial charge in [-0.05, 0) is 38.1 Å². The fourth-order valence-corrected chi connectivity index (χ4v) is 2.07. The number of thiocarbonyl (C=S) groups is 1. The van der Waals surface area contributed by atoms with Crippen LogP contribution in [0.25, 0.3) is 0 Å². The minimum Gasteiger partial charge on any atom is -0.389 e. The van der Waals surface area contributed by atoms with Crippen LogP contribution in [0.1, 0.15) is 22.5 Å². The SMILES string of the molecule is Cc1ccc(NCc2cccc(C)n2)c(C(N)=S)c1. The summed E-state index contributed by atoms with van der Waals surface area (Å²) in [5.74, 6) is 0. The third-order valence-corrected chi connectivity index (χ3v) is 3.07. The van der Waals surface area contributed by atoms with Crippen LogP contribution >= 0.6 is 12.2 Å². The first-order valence-corrected chi connectivity index (χ1v) is 6.54. The number of hydrogen-bond donors (Lipinski definition) is 2. The molecule has 0 fully saturated rings. The highest BCUT2D eigenvalue weighted by atomic mass is 32.1. The molecular formula is C15H17N3S. The summed E-state index contributed by atoms with van der Waals surface area (Å²) < 4.78 is 0. The molecule has 2 rings (SSSR count). The zero-order valence-corrected chi connectivity index (χ0v) is 11.9. The van der Waals surface area contributed by atoms with Crippen LogP contribution in [-0.2, 0) is 6.54 Å². The Kier molecular flexibility index (Phi) is 4.12. The molecule has 0 spiro atoms. The van der Waals surface area contributed by atoms with Crippen molar-refractivity contribution >= 4 is 22.9 Å². The highest BCUT2D eigenvalue weighted by Gasteiger charge is 2.05. The van der Waals surface area contributed by atoms with E-state index in [9.17, 15) is 0 Å². The summed E-state index contributed by atoms with van der Waals surface area (Å²) in [4.78, 5) is 4.86. The first-order chi connectivity index (χ1) is 9.06. The lowest BCUT2D eigenvalue weighted by Gasteiger charge is -2.12. The lowest BCUT2D eigenvalue weighted by Crippen LogP contribution is -2.13. The quantitative estimate of drug-likeness (QED) is 0.839. The smallest absolute Gasteiger partial charge is 0.106 e. The second-order valence-electron chi connectivity index (χ2n) is 4.54. The molecule has 3 nitrogen and oxygen atoms in total. The number of nitrogens with zero attached hydrogens (tertiary/aromatic N) is 1. The summed E-state index contributed by atoms with van der Waals surface area (Å²) in [5, 5.41) is 3.34. The number of nitrogens with one attached hydrogen (secondary N) is 1. The summed E-state index contributed by atoms with van der Waals surface area (Å²) in [7, 11) is 0. The molecule has 3 N–H and O–H groups in total. The molecule has 0 aliphatic carbocycles. The van der Waals surface area contributed by atoms with Gasteiger partial charge in [-0.15, -0.1) is 0 Å². The summed E-state index contributed by atoms with van der Waals surface area (Å²) in [6.45, 7) is 4.66. The van der Waals surface area contributed by atoms with E-state index in [1.165, 1.54) is 0 Å². The zero-order valence-electron chi connectivity index (χ0n) is 11.1. The maximum atomic E-state index is 5.75. The van der Waals surface area contributed by atoms with Crippen molar-refractivity contribution in [1.82, 2.24) is 4.98 Å². The van der Waals surface area contributed by atoms with Crippen molar-refractivity contribution in [2.24, 2.45) is 5.73 Å². The van der Waals surface area contributed by atoms with Gasteiger partial charge in [-0.2, -0.15) is 0 Å². The van der Waals surface area contributed by atoms with E-state index in [4.69, 9.17) is 18.0 Å². The molecule has 98 valence electrons. The monoisotopic (exact) mass is 271 g/mol. The summed E-state index contributed by atoms with van der Waals surface area (Å²) in [6, 6.07) is 12.0. The number of rotatable bonds is 4. The van der Waals surface area contributed by atoms with Gasteiger partial charge in [0.15, 0.2) is 0 Å². The molecule has 1 aromatic heterocycles. The number of anilines is 1. The second-order valence-corrected chi connectivity index (χ2v) is 4.98. The van der Waals surface area contributed by atoms with Crippen LogP contribution in [0.2, 0.25) is 0 Å². The molecule has 0 bridgehead atoms. The van der Waals surface area contributed by atoms with Gasteiger partial charge in [0.2, 0.25) is 0 Å². The van der Waals surface area contributed by atoms with Crippen LogP contribution in [0.4, 0.5) is 5.69 Å². The topological polar surface area (TPSA) is 50.9 Å². The maximum Gasteiger partial charge on any atom is 0.106 e. The van der Waals surface area contributed by atoms with E-state index in [1.807, 2.05) is 50.2 Å². The van der Waals surface area contributed by atoms with E-state index in [-0.39, 0.29) is 0 Å². The van der Waals surface area contributed by atoms with Crippen molar-refractivity contribution < 1.29 is 0 Å². The first kappa shape index (κ1) is 13.5. The van der Waals surface area contributed by atoms with Gasteiger partial charge in [-0.3, -0.25) is 4.98 Å². The average molecular weight is 271 g/mol. The van der Waals surface area contributed by atoms with E-state index in [0.29, 0.717) is 11.5 Å². The predicted octanol–water partition coefficient (Wildman–Crippen LogP) is 2.94. The molecule has 1 heterocycles. The average Bonchev–Trinajstić information content (AvgIpc) is 2.37. The molecule has 19 heavy (non-hydrogen) atoms. The van der Waals surface area contributed by atoms with Gasteiger partial charge in [-0.25, -0.2) is 0 Å². The normalized spacial score (nSPS) is 10.2. The molecule has 0 aliphatic heterocycles. The minimum absolute atomic E-state index is 0.406. The van der Waals surface area contributed by atoms with Crippen LogP contribution in [-0.4, -0.2) is 9.97 Å². The van der Waals surface area contributed by atoms with Gasteiger partial charge in [0.25, 0.3) is 0 Å². The Hall–Kier alpha value is -1.94. The number of nitrogens with two attached hydrogens (primary N) is 1. The number of aryl methyl sites for hydroxylation is 2. The van der Waals surface area contributed by atoms with Gasteiger partial charge >= 0.3 is 0 Å². The maximum absolute atomic E-state index is 5.75. The first-order valence-electron chi connectivity index (χ1n) is 6.13. The van der Waals surface area contributed by atoms with Crippen molar-refractivity contribution in [3.05, 3.63) is 58.9 Å². The molecule has 0 unspecified atom stereocenters. The van der Waals surface area contributed by atoms with E-state index >= 15 is 0 Å². The molecule has 1 aromatic carbocycles. The van der Waals surface area contributed by atoms with Crippen LogP contribution in [0.3, 0.4) is 0 Å². The lowest BCUT2D eigenvalue weighted by molar-refractivity contribution is 1.01. The van der Waals surface area contributed by atoms with Gasteiger partial charge < -0.3 is 11.1 Å². The number of hydrogen-bond acceptors (Lipinski definition) is 3. The zero-order chi connectivity index (χ0) is 13.8. The van der Waals surface area contributed by atoms with E-state index in [2.05, 4.69) is 10.3 Å². The molecule has 0 radical (unpaired) electrons. The molecule has 0 amide bonds. The largest absolute Gasteiger partial charge is 0.389 e. The summed E-state index contributed by atoms with van der Waals surface area (Å²) >= 11 is 5.08. The standard InChI is InChI=1S/C15H17N3S/c1-10-6-7-14(13(8-10)15(16)19)17-9-12-5-3-4-11(2)18-12/h3-8,17H,9H2,1-2H3,(H2,16,19). The number of benzene rings is 1. The van der Waals surface area contributed by atoms with Gasteiger partial charge in [-0.1, -0.05) is 29.9 Å². The van der Waals surface area contributed by atoms with E-state index in [1.54, 1.807) is 0 Å². The fraction of sp³-hybridized carbons (Fsp3) is 0.200. The van der Waals surface area contributed by atoms with Gasteiger partial charge in [0.05, 0.1) is 12.2 Å². The van der Waals surface area contributed by atoms with Crippen molar-refractivity contribution in [1.29, 1.82) is 0 Å². The third-order valence-electron chi connectivity index (χ3n) is 2.85. The molecular weight excluding hydrogens is 254 g/mol. The predicted molar refractivity (Wildman–Crippen MR) is 83.4 cm³/mol. The third kappa shape index (κ3) is 3.51. The fourth-order valence-electron chi connectivity index (χ4n) is 1.90. The highest BCUT2D eigenvalue weighted by Crippen LogP contribution is 2.18. The molecule has 4 heteroatoms. The second kappa shape index (κ2) is 5.80. The van der Waals surface area contributed by atoms with Crippen LogP contribution in [0, 0.1) is 13.8 Å². The van der Waals surface area contributed by atoms with Gasteiger partial charge in [0, 0.05) is 16.9 Å². The summed E-state index contributed by atoms with van der Waals surface area (Å²) in [6.07, 6.45) is 0. The Balaban J connectivity index is 2.17. The molecule has 0 atom stereocenters. The minimum atomic E-state index is 0.406. The van der Waals surface area contributed by atoms with Crippen molar-refractivity contribution in [2.45, 2.75) is 20.4 Å². The van der Waals surface area contributed by atoms with E-state index in [0.717, 1.165) is 28.2 Å². The lowest BCUT2D eigenvalue weighted by atomic mass is 10.1. The Bertz CT molecular complexity index is 608. The Morgan fingerprint density at radius 1 is 1.26 bits per heavy atom. The summed E-state index contributed by atoms with van der Waals surface area (Å²) in [5.41, 5.74) is 10.7. The Labute approximate surface area is 118 Å². The van der Waals surface area contributed by atoms with Crippen LogP contribution in [0.5, 0.6) is 0 Å². The van der Waals surface area contributed by atoms with Crippen molar-refractivity contribution in [3.8, 4) is 0 Å². The van der Waals surface area contributed by atoms with Crippen LogP contribution in [0.15, 0.2) is 36.4 Å². The molecule has 0 saturated carbocycles. The van der Waals surface area contributed by atoms with E-state index < -0.39 is 0 Å². The van der Waals surface area contributed by atoms with Crippen molar-refractivity contribution in [2.75, 3.05) is 5.32 Å².